The van der Waals surface area contributed by atoms with Gasteiger partial charge in [0.15, 0.2) is 0 Å². The fraction of sp³-hybridized carbons (Fsp3) is 0.818. The zero-order valence-corrected chi connectivity index (χ0v) is 33.8. The summed E-state index contributed by atoms with van der Waals surface area (Å²) in [5, 5.41) is 22.4. The number of carboxylic acid groups (broad SMARTS) is 1. The lowest BCUT2D eigenvalue weighted by Crippen LogP contribution is -2.41. The molecule has 3 rings (SSSR count). The van der Waals surface area contributed by atoms with Crippen LogP contribution in [0.5, 0.6) is 0 Å². The Kier molecular flexibility index (Phi) is 16.5. The van der Waals surface area contributed by atoms with Gasteiger partial charge in [-0.25, -0.2) is 0 Å². The number of carbonyl (C=O) groups is 2. The molecule has 51 heavy (non-hydrogen) atoms. The van der Waals surface area contributed by atoms with E-state index in [4.69, 9.17) is 14.6 Å². The summed E-state index contributed by atoms with van der Waals surface area (Å²) in [6, 6.07) is 0. The van der Waals surface area contributed by atoms with E-state index < -0.39 is 22.6 Å². The zero-order chi connectivity index (χ0) is 37.9. The lowest BCUT2D eigenvalue weighted by atomic mass is 9.60. The first kappa shape index (κ1) is 43.4. The molecule has 2 unspecified atom stereocenters. The van der Waals surface area contributed by atoms with E-state index in [1.54, 1.807) is 5.57 Å². The molecule has 1 amide bonds. The molecule has 3 fully saturated rings. The van der Waals surface area contributed by atoms with Gasteiger partial charge in [0.25, 0.3) is 0 Å². The first-order valence-corrected chi connectivity index (χ1v) is 20.5. The van der Waals surface area contributed by atoms with Gasteiger partial charge in [0, 0.05) is 31.6 Å². The minimum atomic E-state index is -0.815. The topological polar surface area (TPSA) is 105 Å². The fourth-order valence-electron chi connectivity index (χ4n) is 9.23. The van der Waals surface area contributed by atoms with Crippen molar-refractivity contribution in [3.63, 3.8) is 0 Å². The number of carboxylic acids is 1. The number of fused-ring (bicyclic) bond motifs is 1. The number of allylic oxidation sites excluding steroid dienone is 4. The molecule has 3 saturated carbocycles. The van der Waals surface area contributed by atoms with Gasteiger partial charge >= 0.3 is 5.97 Å². The molecule has 7 nitrogen and oxygen atoms in total. The van der Waals surface area contributed by atoms with Crippen molar-refractivity contribution in [2.24, 2.45) is 28.6 Å². The van der Waals surface area contributed by atoms with Crippen LogP contribution in [0.25, 0.3) is 0 Å². The number of ether oxygens (including phenoxy) is 2. The average Bonchev–Trinajstić information content (AvgIpc) is 3.44. The summed E-state index contributed by atoms with van der Waals surface area (Å²) in [6.45, 7) is 22.9. The van der Waals surface area contributed by atoms with Gasteiger partial charge in [-0.05, 0) is 139 Å². The lowest BCUT2D eigenvalue weighted by molar-refractivity contribution is -0.139. The van der Waals surface area contributed by atoms with Crippen LogP contribution in [0, 0.1) is 28.6 Å². The summed E-state index contributed by atoms with van der Waals surface area (Å²) >= 11 is 0. The van der Waals surface area contributed by atoms with Crippen molar-refractivity contribution in [2.45, 2.75) is 182 Å². The smallest absolute Gasteiger partial charge is 0.303 e. The molecule has 0 aromatic heterocycles. The largest absolute Gasteiger partial charge is 0.481 e. The Balaban J connectivity index is 1.46. The van der Waals surface area contributed by atoms with Crippen LogP contribution in [0.15, 0.2) is 35.5 Å². The van der Waals surface area contributed by atoms with Crippen LogP contribution in [0.1, 0.15) is 165 Å². The molecule has 0 aromatic carbocycles. The second-order valence-electron chi connectivity index (χ2n) is 17.9. The summed E-state index contributed by atoms with van der Waals surface area (Å²) in [6.07, 6.45) is 20.8. The van der Waals surface area contributed by atoms with Crippen molar-refractivity contribution in [3.8, 4) is 0 Å². The van der Waals surface area contributed by atoms with Gasteiger partial charge in [0.2, 0.25) is 5.91 Å². The van der Waals surface area contributed by atoms with Gasteiger partial charge in [0.05, 0.1) is 17.3 Å². The molecule has 0 aliphatic heterocycles. The summed E-state index contributed by atoms with van der Waals surface area (Å²) in [7, 11) is 0. The number of rotatable bonds is 21. The second-order valence-corrected chi connectivity index (χ2v) is 17.9. The summed E-state index contributed by atoms with van der Waals surface area (Å²) in [4.78, 5) is 24.2. The highest BCUT2D eigenvalue weighted by Crippen LogP contribution is 2.60. The Morgan fingerprint density at radius 1 is 1.02 bits per heavy atom. The van der Waals surface area contributed by atoms with Crippen LogP contribution in [0.4, 0.5) is 0 Å². The predicted molar refractivity (Wildman–Crippen MR) is 209 cm³/mol. The Bertz CT molecular complexity index is 1220. The minimum Gasteiger partial charge on any atom is -0.481 e. The Hall–Kier alpha value is -1.96. The van der Waals surface area contributed by atoms with E-state index in [0.29, 0.717) is 56.3 Å². The number of hydrogen-bond donors (Lipinski definition) is 3. The molecule has 292 valence electrons. The number of hydrogen-bond acceptors (Lipinski definition) is 5. The van der Waals surface area contributed by atoms with Crippen LogP contribution in [-0.4, -0.2) is 59.2 Å². The van der Waals surface area contributed by atoms with E-state index >= 15 is 0 Å². The highest BCUT2D eigenvalue weighted by atomic mass is 16.5. The predicted octanol–water partition coefficient (Wildman–Crippen LogP) is 10.1. The van der Waals surface area contributed by atoms with Crippen molar-refractivity contribution in [3.05, 3.63) is 35.5 Å². The Labute approximate surface area is 311 Å². The average molecular weight is 714 g/mol. The second kappa shape index (κ2) is 19.4. The molecular weight excluding hydrogens is 638 g/mol. The maximum atomic E-state index is 13.2. The highest BCUT2D eigenvalue weighted by molar-refractivity contribution is 5.82. The molecule has 0 heterocycles. The SMILES string of the molecule is C=C1CC[C@H](OCCCNC(=O)C(C)(CC)CCOC(C)(CC)CCC(=O)O)C/C1=C/C=C1\CCC[C@]2(C)[C@@H]([C@H](C)CCCC(C)(C)O)CC[C@@H]12. The number of aliphatic hydroxyl groups is 1. The van der Waals surface area contributed by atoms with Gasteiger partial charge < -0.3 is 25.0 Å². The summed E-state index contributed by atoms with van der Waals surface area (Å²) < 4.78 is 12.5. The number of amides is 1. The molecule has 3 aliphatic carbocycles. The molecule has 0 radical (unpaired) electrons. The maximum Gasteiger partial charge on any atom is 0.303 e. The van der Waals surface area contributed by atoms with E-state index in [0.717, 1.165) is 50.9 Å². The Morgan fingerprint density at radius 3 is 2.43 bits per heavy atom. The minimum absolute atomic E-state index is 0.0390. The van der Waals surface area contributed by atoms with E-state index in [1.165, 1.54) is 49.7 Å². The van der Waals surface area contributed by atoms with Crippen molar-refractivity contribution >= 4 is 11.9 Å². The van der Waals surface area contributed by atoms with Crippen LogP contribution in [-0.2, 0) is 19.1 Å². The first-order valence-electron chi connectivity index (χ1n) is 20.5. The number of nitrogens with one attached hydrogen (secondary N) is 1. The zero-order valence-electron chi connectivity index (χ0n) is 33.8. The van der Waals surface area contributed by atoms with Gasteiger partial charge in [-0.3, -0.25) is 9.59 Å². The summed E-state index contributed by atoms with van der Waals surface area (Å²) in [5.74, 6) is 1.35. The molecule has 0 spiro atoms. The molecule has 0 aromatic rings. The van der Waals surface area contributed by atoms with Gasteiger partial charge in [-0.1, -0.05) is 77.3 Å². The van der Waals surface area contributed by atoms with Crippen molar-refractivity contribution < 1.29 is 29.3 Å². The quantitative estimate of drug-likeness (QED) is 0.102. The third-order valence-corrected chi connectivity index (χ3v) is 13.3. The third kappa shape index (κ3) is 12.8. The van der Waals surface area contributed by atoms with E-state index in [-0.39, 0.29) is 18.4 Å². The van der Waals surface area contributed by atoms with Crippen molar-refractivity contribution in [2.75, 3.05) is 19.8 Å². The van der Waals surface area contributed by atoms with Gasteiger partial charge in [0.1, 0.15) is 0 Å². The van der Waals surface area contributed by atoms with Crippen LogP contribution >= 0.6 is 0 Å². The van der Waals surface area contributed by atoms with Crippen molar-refractivity contribution in [1.29, 1.82) is 0 Å². The standard InChI is InChI=1S/C44H75NO6/c1-10-42(7,27-30-51-43(8,11-2)26-23-39(46)47)40(48)45-28-14-29-50-36-20-17-32(3)35(31-36)19-18-34-16-13-25-44(9)37(21-22-38(34)44)33(4)15-12-24-41(5,6)49/h18-19,33,36-38,49H,3,10-17,20-31H2,1-2,4-9H3,(H,45,48)(H,46,47)/b34-18+,35-19-/t33-,36+,37-,38+,42?,43?,44-/m1/s1. The Morgan fingerprint density at radius 2 is 1.76 bits per heavy atom. The van der Waals surface area contributed by atoms with E-state index in [1.807, 2.05) is 41.5 Å². The monoisotopic (exact) mass is 714 g/mol. The molecule has 3 aliphatic rings. The van der Waals surface area contributed by atoms with E-state index in [9.17, 15) is 14.7 Å². The molecule has 0 saturated heterocycles. The van der Waals surface area contributed by atoms with Crippen molar-refractivity contribution in [1.82, 2.24) is 5.32 Å². The highest BCUT2D eigenvalue weighted by Gasteiger charge is 2.50. The lowest BCUT2D eigenvalue weighted by Gasteiger charge is -2.44. The van der Waals surface area contributed by atoms with Gasteiger partial charge in [-0.15, -0.1) is 0 Å². The number of aliphatic carboxylic acids is 1. The molecular formula is C44H75NO6. The summed E-state index contributed by atoms with van der Waals surface area (Å²) in [5.41, 5.74) is 2.99. The maximum absolute atomic E-state index is 13.2. The third-order valence-electron chi connectivity index (χ3n) is 13.3. The van der Waals surface area contributed by atoms with E-state index in [2.05, 4.69) is 37.9 Å². The molecule has 7 atom stereocenters. The fourth-order valence-corrected chi connectivity index (χ4v) is 9.23. The molecule has 7 heteroatoms. The first-order chi connectivity index (χ1) is 23.9. The number of carbonyl (C=O) groups excluding carboxylic acids is 1. The van der Waals surface area contributed by atoms with Crippen LogP contribution in [0.3, 0.4) is 0 Å². The van der Waals surface area contributed by atoms with Crippen LogP contribution < -0.4 is 5.32 Å². The van der Waals surface area contributed by atoms with Gasteiger partial charge in [-0.2, -0.15) is 0 Å². The molecule has 0 bridgehead atoms. The van der Waals surface area contributed by atoms with Crippen LogP contribution in [0.2, 0.25) is 0 Å². The normalized spacial score (nSPS) is 28.6. The molecule has 3 N–H and O–H groups in total.